The van der Waals surface area contributed by atoms with Gasteiger partial charge in [-0.1, -0.05) is 6.07 Å². The second kappa shape index (κ2) is 8.36. The number of carbonyl (C=O) groups excluding carboxylic acids is 1. The quantitative estimate of drug-likeness (QED) is 0.601. The van der Waals surface area contributed by atoms with Crippen molar-refractivity contribution in [3.63, 3.8) is 0 Å². The molecule has 1 fully saturated rings. The second-order valence-electron chi connectivity index (χ2n) is 8.27. The van der Waals surface area contributed by atoms with Gasteiger partial charge in [0.05, 0.1) is 35.3 Å². The van der Waals surface area contributed by atoms with Crippen molar-refractivity contribution in [2.45, 2.75) is 31.6 Å². The van der Waals surface area contributed by atoms with Crippen LogP contribution in [0, 0.1) is 0 Å². The van der Waals surface area contributed by atoms with E-state index in [4.69, 9.17) is 4.74 Å². The summed E-state index contributed by atoms with van der Waals surface area (Å²) >= 11 is 0. The number of anilines is 1. The van der Waals surface area contributed by atoms with Crippen molar-refractivity contribution < 1.29 is 26.7 Å². The smallest absolute Gasteiger partial charge is 0.287 e. The number of halogens is 2. The molecule has 1 aliphatic heterocycles. The van der Waals surface area contributed by atoms with Gasteiger partial charge in [-0.2, -0.15) is 8.78 Å². The molecule has 1 aliphatic rings. The van der Waals surface area contributed by atoms with E-state index in [1.165, 1.54) is 19.2 Å². The summed E-state index contributed by atoms with van der Waals surface area (Å²) in [7, 11) is 0.114. The number of hydrogen-bond acceptors (Lipinski definition) is 6. The topological polar surface area (TPSA) is 103 Å². The van der Waals surface area contributed by atoms with Gasteiger partial charge in [0.1, 0.15) is 23.0 Å². The highest BCUT2D eigenvalue weighted by Gasteiger charge is 2.30. The highest BCUT2D eigenvalue weighted by atomic mass is 32.2. The fourth-order valence-corrected chi connectivity index (χ4v) is 5.79. The molecular weight excluding hydrogens is 454 g/mol. The molecule has 1 aromatic carbocycles. The van der Waals surface area contributed by atoms with Crippen LogP contribution in [0.15, 0.2) is 30.3 Å². The van der Waals surface area contributed by atoms with Crippen LogP contribution >= 0.6 is 0 Å². The zero-order valence-corrected chi connectivity index (χ0v) is 19.2. The van der Waals surface area contributed by atoms with Crippen molar-refractivity contribution in [3.05, 3.63) is 47.5 Å². The molecule has 3 heterocycles. The van der Waals surface area contributed by atoms with E-state index in [1.807, 2.05) is 4.57 Å². The average molecular weight is 479 g/mol. The average Bonchev–Trinajstić information content (AvgIpc) is 3.07. The van der Waals surface area contributed by atoms with Gasteiger partial charge in [-0.05, 0) is 31.0 Å². The predicted octanol–water partition coefficient (Wildman–Crippen LogP) is 3.63. The minimum atomic E-state index is -3.18. The van der Waals surface area contributed by atoms with Gasteiger partial charge >= 0.3 is 0 Å². The highest BCUT2D eigenvalue weighted by molar-refractivity contribution is 7.91. The number of pyridine rings is 1. The number of aromatic nitrogens is 3. The lowest BCUT2D eigenvalue weighted by molar-refractivity contribution is 0.0126. The molecule has 1 saturated heterocycles. The van der Waals surface area contributed by atoms with E-state index in [9.17, 15) is 22.0 Å². The van der Waals surface area contributed by atoms with Crippen LogP contribution < -0.4 is 10.1 Å². The lowest BCUT2D eigenvalue weighted by Gasteiger charge is -2.21. The first-order valence-electron chi connectivity index (χ1n) is 10.4. The van der Waals surface area contributed by atoms with Gasteiger partial charge < -0.3 is 14.6 Å². The first-order chi connectivity index (χ1) is 15.5. The molecule has 0 radical (unpaired) electrons. The fraction of sp³-hybridized carbons (Fsp3) is 0.409. The standard InChI is InChI=1S/C22H24F2N4O4S/c1-22(23,24)19-8-4-7-14(25-19)21(29)27-16-10-17-15(11-18(16)32-3)26-20(28(17)2)13-6-5-9-33(30,31)12-13/h4,7-8,10-11,13H,5-6,9,12H2,1-3H3,(H,27,29)/t13-/m1/s1. The van der Waals surface area contributed by atoms with E-state index in [0.29, 0.717) is 41.6 Å². The van der Waals surface area contributed by atoms with E-state index in [2.05, 4.69) is 15.3 Å². The molecule has 0 spiro atoms. The molecule has 176 valence electrons. The van der Waals surface area contributed by atoms with E-state index in [-0.39, 0.29) is 23.1 Å². The Hall–Kier alpha value is -3.08. The highest BCUT2D eigenvalue weighted by Crippen LogP contribution is 2.34. The molecule has 2 aromatic heterocycles. The van der Waals surface area contributed by atoms with Gasteiger partial charge in [0.25, 0.3) is 11.8 Å². The molecule has 1 atom stereocenters. The van der Waals surface area contributed by atoms with Crippen LogP contribution in [0.5, 0.6) is 5.75 Å². The number of benzene rings is 1. The number of rotatable bonds is 5. The van der Waals surface area contributed by atoms with Gasteiger partial charge in [-0.3, -0.25) is 4.79 Å². The molecule has 11 heteroatoms. The Bertz CT molecular complexity index is 1330. The third kappa shape index (κ3) is 4.68. The lowest BCUT2D eigenvalue weighted by Crippen LogP contribution is -2.25. The number of imidazole rings is 1. The van der Waals surface area contributed by atoms with Crippen LogP contribution in [-0.2, 0) is 22.8 Å². The number of methoxy groups -OCH3 is 1. The van der Waals surface area contributed by atoms with Crippen LogP contribution in [-0.4, -0.2) is 47.5 Å². The van der Waals surface area contributed by atoms with Crippen molar-refractivity contribution in [3.8, 4) is 5.75 Å². The third-order valence-electron chi connectivity index (χ3n) is 5.74. The number of ether oxygens (including phenoxy) is 1. The monoisotopic (exact) mass is 478 g/mol. The molecule has 33 heavy (non-hydrogen) atoms. The minimum Gasteiger partial charge on any atom is -0.494 e. The molecule has 4 rings (SSSR count). The Morgan fingerprint density at radius 3 is 2.70 bits per heavy atom. The second-order valence-corrected chi connectivity index (χ2v) is 10.5. The number of sulfone groups is 1. The molecule has 0 bridgehead atoms. The maximum atomic E-state index is 13.6. The molecule has 8 nitrogen and oxygen atoms in total. The Kier molecular flexibility index (Phi) is 5.85. The minimum absolute atomic E-state index is 0.0506. The number of carbonyl (C=O) groups is 1. The van der Waals surface area contributed by atoms with Gasteiger partial charge in [0, 0.05) is 26.0 Å². The van der Waals surface area contributed by atoms with Crippen LogP contribution in [0.1, 0.15) is 47.7 Å². The number of nitrogens with zero attached hydrogens (tertiary/aromatic N) is 3. The summed E-state index contributed by atoms with van der Waals surface area (Å²) in [6.07, 6.45) is 1.31. The summed E-state index contributed by atoms with van der Waals surface area (Å²) in [5.41, 5.74) is 0.920. The van der Waals surface area contributed by atoms with E-state index >= 15 is 0 Å². The van der Waals surface area contributed by atoms with Gasteiger partial charge in [-0.15, -0.1) is 0 Å². The summed E-state index contributed by atoms with van der Waals surface area (Å²) in [5.74, 6) is -2.84. The van der Waals surface area contributed by atoms with Crippen molar-refractivity contribution in [2.24, 2.45) is 7.05 Å². The number of nitrogens with one attached hydrogen (secondary N) is 1. The Balaban J connectivity index is 1.68. The Morgan fingerprint density at radius 2 is 2.03 bits per heavy atom. The molecule has 0 aliphatic carbocycles. The number of aryl methyl sites for hydroxylation is 1. The van der Waals surface area contributed by atoms with E-state index in [1.54, 1.807) is 19.2 Å². The maximum absolute atomic E-state index is 13.6. The first kappa shape index (κ1) is 23.1. The molecular formula is C22H24F2N4O4S. The number of fused-ring (bicyclic) bond motifs is 1. The summed E-state index contributed by atoms with van der Waals surface area (Å²) in [5, 5.41) is 2.67. The van der Waals surface area contributed by atoms with E-state index in [0.717, 1.165) is 12.5 Å². The summed E-state index contributed by atoms with van der Waals surface area (Å²) in [4.78, 5) is 21.2. The first-order valence-corrected chi connectivity index (χ1v) is 12.2. The largest absolute Gasteiger partial charge is 0.494 e. The molecule has 3 aromatic rings. The Morgan fingerprint density at radius 1 is 1.27 bits per heavy atom. The zero-order valence-electron chi connectivity index (χ0n) is 18.4. The van der Waals surface area contributed by atoms with Crippen LogP contribution in [0.3, 0.4) is 0 Å². The van der Waals surface area contributed by atoms with Gasteiger partial charge in [-0.25, -0.2) is 18.4 Å². The number of alkyl halides is 2. The number of amides is 1. The van der Waals surface area contributed by atoms with Gasteiger partial charge in [0.2, 0.25) is 0 Å². The summed E-state index contributed by atoms with van der Waals surface area (Å²) < 4.78 is 58.6. The fourth-order valence-electron chi connectivity index (χ4n) is 4.09. The summed E-state index contributed by atoms with van der Waals surface area (Å²) in [6, 6.07) is 7.17. The van der Waals surface area contributed by atoms with Gasteiger partial charge in [0.15, 0.2) is 9.84 Å². The van der Waals surface area contributed by atoms with Crippen molar-refractivity contribution in [2.75, 3.05) is 23.9 Å². The van der Waals surface area contributed by atoms with E-state index < -0.39 is 27.4 Å². The molecule has 1 amide bonds. The van der Waals surface area contributed by atoms with Crippen molar-refractivity contribution >= 4 is 32.5 Å². The Labute approximate surface area is 189 Å². The predicted molar refractivity (Wildman–Crippen MR) is 120 cm³/mol. The molecule has 0 saturated carbocycles. The molecule has 1 N–H and O–H groups in total. The molecule has 0 unspecified atom stereocenters. The van der Waals surface area contributed by atoms with Crippen molar-refractivity contribution in [1.82, 2.24) is 14.5 Å². The van der Waals surface area contributed by atoms with Crippen molar-refractivity contribution in [1.29, 1.82) is 0 Å². The van der Waals surface area contributed by atoms with Crippen LogP contribution in [0.25, 0.3) is 11.0 Å². The SMILES string of the molecule is COc1cc2nc([C@@H]3CCCS(=O)(=O)C3)n(C)c2cc1NC(=O)c1cccc(C(C)(F)F)n1. The third-order valence-corrected chi connectivity index (χ3v) is 7.57. The zero-order chi connectivity index (χ0) is 24.0. The maximum Gasteiger partial charge on any atom is 0.287 e. The van der Waals surface area contributed by atoms with Crippen LogP contribution in [0.2, 0.25) is 0 Å². The normalized spacial score (nSPS) is 18.3. The lowest BCUT2D eigenvalue weighted by atomic mass is 10.1. The number of hydrogen-bond donors (Lipinski definition) is 1. The van der Waals surface area contributed by atoms with Crippen LogP contribution in [0.4, 0.5) is 14.5 Å². The summed E-state index contributed by atoms with van der Waals surface area (Å²) in [6.45, 7) is 0.714.